The molecule has 0 aromatic heterocycles. The summed E-state index contributed by atoms with van der Waals surface area (Å²) in [5.74, 6) is 0.322. The van der Waals surface area contributed by atoms with Crippen LogP contribution >= 0.6 is 15.9 Å². The zero-order valence-electron chi connectivity index (χ0n) is 11.0. The maximum absolute atomic E-state index is 13.0. The van der Waals surface area contributed by atoms with Crippen LogP contribution in [0, 0.1) is 0 Å². The molecule has 0 bridgehead atoms. The van der Waals surface area contributed by atoms with Gasteiger partial charge in [-0.2, -0.15) is 13.2 Å². The van der Waals surface area contributed by atoms with E-state index < -0.39 is 17.8 Å². The lowest BCUT2D eigenvalue weighted by molar-refractivity contribution is -0.139. The molecule has 0 amide bonds. The van der Waals surface area contributed by atoms with E-state index in [1.54, 1.807) is 12.1 Å². The zero-order valence-corrected chi connectivity index (χ0v) is 12.6. The van der Waals surface area contributed by atoms with E-state index in [9.17, 15) is 18.3 Å². The van der Waals surface area contributed by atoms with E-state index in [4.69, 9.17) is 4.74 Å². The molecule has 2 rings (SSSR count). The average Bonchev–Trinajstić information content (AvgIpc) is 2.45. The summed E-state index contributed by atoms with van der Waals surface area (Å²) in [6, 6.07) is 9.76. The normalized spacial score (nSPS) is 13.0. The van der Waals surface area contributed by atoms with Gasteiger partial charge in [-0.25, -0.2) is 0 Å². The molecule has 1 atom stereocenters. The largest absolute Gasteiger partial charge is 0.496 e. The minimum absolute atomic E-state index is 0.207. The van der Waals surface area contributed by atoms with Gasteiger partial charge in [-0.05, 0) is 29.8 Å². The van der Waals surface area contributed by atoms with Crippen LogP contribution < -0.4 is 4.74 Å². The van der Waals surface area contributed by atoms with Gasteiger partial charge in [0.2, 0.25) is 0 Å². The summed E-state index contributed by atoms with van der Waals surface area (Å²) < 4.78 is 44.9. The van der Waals surface area contributed by atoms with Crippen molar-refractivity contribution in [3.8, 4) is 5.75 Å². The maximum atomic E-state index is 13.0. The molecule has 6 heteroatoms. The van der Waals surface area contributed by atoms with Gasteiger partial charge in [0.25, 0.3) is 0 Å². The highest BCUT2D eigenvalue weighted by molar-refractivity contribution is 9.10. The first-order valence-electron chi connectivity index (χ1n) is 6.02. The molecule has 0 aliphatic carbocycles. The minimum Gasteiger partial charge on any atom is -0.496 e. The molecular weight excluding hydrogens is 349 g/mol. The SMILES string of the molecule is COc1ccc(Br)cc1C(O)c1ccccc1C(F)(F)F. The van der Waals surface area contributed by atoms with Crippen LogP contribution in [0.1, 0.15) is 22.8 Å². The highest BCUT2D eigenvalue weighted by atomic mass is 79.9. The molecule has 0 aliphatic rings. The van der Waals surface area contributed by atoms with Crippen molar-refractivity contribution in [2.45, 2.75) is 12.3 Å². The molecule has 0 spiro atoms. The van der Waals surface area contributed by atoms with Gasteiger partial charge in [0.05, 0.1) is 12.7 Å². The molecule has 0 aliphatic heterocycles. The number of halogens is 4. The van der Waals surface area contributed by atoms with Crippen LogP contribution in [0.5, 0.6) is 5.75 Å². The molecule has 0 saturated heterocycles. The van der Waals surface area contributed by atoms with E-state index in [0.717, 1.165) is 6.07 Å². The molecule has 0 saturated carbocycles. The number of benzene rings is 2. The Morgan fingerprint density at radius 2 is 1.76 bits per heavy atom. The van der Waals surface area contributed by atoms with E-state index in [1.165, 1.54) is 31.4 Å². The summed E-state index contributed by atoms with van der Waals surface area (Å²) in [6.45, 7) is 0. The van der Waals surface area contributed by atoms with E-state index in [0.29, 0.717) is 10.2 Å². The Bertz CT molecular complexity index is 641. The first-order valence-corrected chi connectivity index (χ1v) is 6.81. The van der Waals surface area contributed by atoms with Crippen molar-refractivity contribution in [2.24, 2.45) is 0 Å². The number of aliphatic hydroxyl groups excluding tert-OH is 1. The molecule has 2 aromatic carbocycles. The Labute approximate surface area is 128 Å². The van der Waals surface area contributed by atoms with Crippen LogP contribution in [0.4, 0.5) is 13.2 Å². The third kappa shape index (κ3) is 3.39. The lowest BCUT2D eigenvalue weighted by Gasteiger charge is -2.19. The molecule has 1 unspecified atom stereocenters. The molecular formula is C15H12BrF3O2. The highest BCUT2D eigenvalue weighted by Crippen LogP contribution is 2.39. The van der Waals surface area contributed by atoms with Gasteiger partial charge < -0.3 is 9.84 Å². The molecule has 2 aromatic rings. The minimum atomic E-state index is -4.53. The zero-order chi connectivity index (χ0) is 15.6. The van der Waals surface area contributed by atoms with Crippen molar-refractivity contribution < 1.29 is 23.0 Å². The van der Waals surface area contributed by atoms with Crippen molar-refractivity contribution in [3.63, 3.8) is 0 Å². The maximum Gasteiger partial charge on any atom is 0.416 e. The fourth-order valence-corrected chi connectivity index (χ4v) is 2.46. The summed E-state index contributed by atoms with van der Waals surface area (Å²) >= 11 is 3.24. The Morgan fingerprint density at radius 1 is 1.10 bits per heavy atom. The van der Waals surface area contributed by atoms with Crippen molar-refractivity contribution in [2.75, 3.05) is 7.11 Å². The van der Waals surface area contributed by atoms with Gasteiger partial charge in [0, 0.05) is 10.0 Å². The molecule has 1 N–H and O–H groups in total. The topological polar surface area (TPSA) is 29.5 Å². The second kappa shape index (κ2) is 6.07. The summed E-state index contributed by atoms with van der Waals surface area (Å²) in [6.07, 6.45) is -5.97. The molecule has 2 nitrogen and oxygen atoms in total. The van der Waals surface area contributed by atoms with Crippen LogP contribution in [0.15, 0.2) is 46.9 Å². The standard InChI is InChI=1S/C15H12BrF3O2/c1-21-13-7-6-9(16)8-11(13)14(20)10-4-2-3-5-12(10)15(17,18)19/h2-8,14,20H,1H3. The smallest absolute Gasteiger partial charge is 0.416 e. The third-order valence-corrected chi connectivity index (χ3v) is 3.54. The first-order chi connectivity index (χ1) is 9.84. The summed E-state index contributed by atoms with van der Waals surface area (Å²) in [7, 11) is 1.40. The quantitative estimate of drug-likeness (QED) is 0.869. The fraction of sp³-hybridized carbons (Fsp3) is 0.200. The van der Waals surface area contributed by atoms with Crippen molar-refractivity contribution in [1.82, 2.24) is 0 Å². The fourth-order valence-electron chi connectivity index (χ4n) is 2.08. The second-order valence-electron chi connectivity index (χ2n) is 4.37. The Balaban J connectivity index is 2.56. The van der Waals surface area contributed by atoms with E-state index in [-0.39, 0.29) is 11.1 Å². The van der Waals surface area contributed by atoms with Crippen molar-refractivity contribution in [1.29, 1.82) is 0 Å². The van der Waals surface area contributed by atoms with Gasteiger partial charge in [-0.15, -0.1) is 0 Å². The van der Waals surface area contributed by atoms with E-state index in [2.05, 4.69) is 15.9 Å². The number of aliphatic hydroxyl groups is 1. The van der Waals surface area contributed by atoms with E-state index in [1.807, 2.05) is 0 Å². The summed E-state index contributed by atoms with van der Waals surface area (Å²) in [5, 5.41) is 10.4. The molecule has 0 fully saturated rings. The van der Waals surface area contributed by atoms with Crippen molar-refractivity contribution in [3.05, 3.63) is 63.6 Å². The lowest BCUT2D eigenvalue weighted by atomic mass is 9.96. The van der Waals surface area contributed by atoms with Crippen LogP contribution in [0.25, 0.3) is 0 Å². The first kappa shape index (κ1) is 15.9. The number of rotatable bonds is 3. The second-order valence-corrected chi connectivity index (χ2v) is 5.29. The predicted molar refractivity (Wildman–Crippen MR) is 76.2 cm³/mol. The number of ether oxygens (including phenoxy) is 1. The third-order valence-electron chi connectivity index (χ3n) is 3.05. The van der Waals surface area contributed by atoms with Gasteiger partial charge in [-0.1, -0.05) is 34.1 Å². The number of alkyl halides is 3. The molecule has 0 heterocycles. The number of hydrogen-bond acceptors (Lipinski definition) is 2. The van der Waals surface area contributed by atoms with Crippen molar-refractivity contribution >= 4 is 15.9 Å². The monoisotopic (exact) mass is 360 g/mol. The van der Waals surface area contributed by atoms with E-state index >= 15 is 0 Å². The number of methoxy groups -OCH3 is 1. The van der Waals surface area contributed by atoms with Crippen LogP contribution in [0.3, 0.4) is 0 Å². The molecule has 21 heavy (non-hydrogen) atoms. The van der Waals surface area contributed by atoms with Gasteiger partial charge >= 0.3 is 6.18 Å². The van der Waals surface area contributed by atoms with Crippen LogP contribution in [-0.2, 0) is 6.18 Å². The van der Waals surface area contributed by atoms with Gasteiger partial charge in [0.15, 0.2) is 0 Å². The highest BCUT2D eigenvalue weighted by Gasteiger charge is 2.35. The molecule has 0 radical (unpaired) electrons. The molecule has 112 valence electrons. The summed E-state index contributed by atoms with van der Waals surface area (Å²) in [4.78, 5) is 0. The van der Waals surface area contributed by atoms with Gasteiger partial charge in [-0.3, -0.25) is 0 Å². The lowest BCUT2D eigenvalue weighted by Crippen LogP contribution is -2.13. The average molecular weight is 361 g/mol. The summed E-state index contributed by atoms with van der Waals surface area (Å²) in [5.41, 5.74) is -0.801. The number of hydrogen-bond donors (Lipinski definition) is 1. The van der Waals surface area contributed by atoms with Crippen LogP contribution in [-0.4, -0.2) is 12.2 Å². The Morgan fingerprint density at radius 3 is 2.38 bits per heavy atom. The van der Waals surface area contributed by atoms with Gasteiger partial charge in [0.1, 0.15) is 11.9 Å². The van der Waals surface area contributed by atoms with Crippen LogP contribution in [0.2, 0.25) is 0 Å². The Hall–Kier alpha value is -1.53. The Kier molecular flexibility index (Phi) is 4.58. The predicted octanol–water partition coefficient (Wildman–Crippen LogP) is 4.56.